The Morgan fingerprint density at radius 2 is 2.00 bits per heavy atom. The summed E-state index contributed by atoms with van der Waals surface area (Å²) in [4.78, 5) is 24.2. The Morgan fingerprint density at radius 3 is 2.72 bits per heavy atom. The number of esters is 1. The molecule has 150 valence electrons. The molecule has 0 radical (unpaired) electrons. The zero-order valence-corrected chi connectivity index (χ0v) is 16.9. The van der Waals surface area contributed by atoms with Crippen LogP contribution < -0.4 is 5.73 Å². The number of carbonyl (C=O) groups excluding carboxylic acids is 2. The average Bonchev–Trinajstić information content (AvgIpc) is 3.07. The van der Waals surface area contributed by atoms with Crippen LogP contribution in [0.1, 0.15) is 69.6 Å². The van der Waals surface area contributed by atoms with Crippen LogP contribution in [0.25, 0.3) is 10.9 Å². The highest BCUT2D eigenvalue weighted by Gasteiger charge is 2.29. The number of aryl methyl sites for hydroxylation is 1. The van der Waals surface area contributed by atoms with Crippen LogP contribution in [0, 0.1) is 0 Å². The Morgan fingerprint density at radius 1 is 1.21 bits per heavy atom. The Balaban J connectivity index is 1.97. The van der Waals surface area contributed by atoms with Crippen molar-refractivity contribution in [2.24, 2.45) is 5.73 Å². The lowest BCUT2D eigenvalue weighted by molar-refractivity contribution is 0.0602. The molecule has 1 heterocycles. The molecule has 1 aliphatic rings. The fourth-order valence-electron chi connectivity index (χ4n) is 4.73. The lowest BCUT2D eigenvalue weighted by atomic mass is 9.85. The topological polar surface area (TPSA) is 74.3 Å². The number of para-hydroxylation sites is 1. The SMILES string of the molecule is CCC1CCCc2c1n(Cc1cccc(C(N)=O)c1)c1c(C(=O)OC)cccc21. The second kappa shape index (κ2) is 7.74. The van der Waals surface area contributed by atoms with Gasteiger partial charge in [0.15, 0.2) is 0 Å². The molecule has 0 aliphatic heterocycles. The van der Waals surface area contributed by atoms with Gasteiger partial charge in [-0.1, -0.05) is 31.2 Å². The highest BCUT2D eigenvalue weighted by Crippen LogP contribution is 2.41. The van der Waals surface area contributed by atoms with Crippen LogP contribution in [0.3, 0.4) is 0 Å². The molecule has 5 heteroatoms. The number of hydrogen-bond donors (Lipinski definition) is 1. The monoisotopic (exact) mass is 390 g/mol. The van der Waals surface area contributed by atoms with E-state index < -0.39 is 5.91 Å². The van der Waals surface area contributed by atoms with Gasteiger partial charge in [0, 0.05) is 23.2 Å². The summed E-state index contributed by atoms with van der Waals surface area (Å²) in [6, 6.07) is 13.3. The third kappa shape index (κ3) is 3.31. The van der Waals surface area contributed by atoms with Crippen LogP contribution in [-0.4, -0.2) is 23.6 Å². The van der Waals surface area contributed by atoms with Crippen LogP contribution in [0.5, 0.6) is 0 Å². The summed E-state index contributed by atoms with van der Waals surface area (Å²) in [5, 5.41) is 1.13. The van der Waals surface area contributed by atoms with Gasteiger partial charge in [0.1, 0.15) is 0 Å². The molecule has 1 aromatic heterocycles. The molecule has 0 saturated heterocycles. The highest BCUT2D eigenvalue weighted by molar-refractivity contribution is 6.05. The van der Waals surface area contributed by atoms with E-state index in [-0.39, 0.29) is 5.97 Å². The van der Waals surface area contributed by atoms with E-state index >= 15 is 0 Å². The number of amides is 1. The Labute approximate surface area is 170 Å². The first-order valence-electron chi connectivity index (χ1n) is 10.2. The third-order valence-corrected chi connectivity index (χ3v) is 6.05. The van der Waals surface area contributed by atoms with Gasteiger partial charge in [-0.25, -0.2) is 4.79 Å². The van der Waals surface area contributed by atoms with E-state index in [4.69, 9.17) is 10.5 Å². The molecule has 2 N–H and O–H groups in total. The van der Waals surface area contributed by atoms with E-state index in [1.165, 1.54) is 18.4 Å². The van der Waals surface area contributed by atoms with Crippen molar-refractivity contribution in [3.05, 3.63) is 70.4 Å². The molecule has 0 bridgehead atoms. The van der Waals surface area contributed by atoms with Gasteiger partial charge in [0.2, 0.25) is 5.91 Å². The lowest BCUT2D eigenvalue weighted by Crippen LogP contribution is -2.16. The number of rotatable bonds is 5. The predicted molar refractivity (Wildman–Crippen MR) is 113 cm³/mol. The van der Waals surface area contributed by atoms with E-state index in [0.29, 0.717) is 23.6 Å². The number of methoxy groups -OCH3 is 1. The first-order chi connectivity index (χ1) is 14.0. The number of benzene rings is 2. The van der Waals surface area contributed by atoms with Crippen molar-refractivity contribution in [2.75, 3.05) is 7.11 Å². The molecular weight excluding hydrogens is 364 g/mol. The molecule has 4 rings (SSSR count). The van der Waals surface area contributed by atoms with Crippen LogP contribution >= 0.6 is 0 Å². The highest BCUT2D eigenvalue weighted by atomic mass is 16.5. The maximum atomic E-state index is 12.5. The molecule has 2 aromatic carbocycles. The quantitative estimate of drug-likeness (QED) is 0.656. The minimum absolute atomic E-state index is 0.328. The largest absolute Gasteiger partial charge is 0.465 e. The molecule has 1 aliphatic carbocycles. The number of carbonyl (C=O) groups is 2. The summed E-state index contributed by atoms with van der Waals surface area (Å²) >= 11 is 0. The van der Waals surface area contributed by atoms with Gasteiger partial charge in [-0.15, -0.1) is 0 Å². The van der Waals surface area contributed by atoms with Crippen LogP contribution in [-0.2, 0) is 17.7 Å². The van der Waals surface area contributed by atoms with E-state index in [1.54, 1.807) is 6.07 Å². The molecule has 3 aromatic rings. The summed E-state index contributed by atoms with van der Waals surface area (Å²) in [7, 11) is 1.42. The second-order valence-electron chi connectivity index (χ2n) is 7.71. The third-order valence-electron chi connectivity index (χ3n) is 6.05. The van der Waals surface area contributed by atoms with Gasteiger partial charge >= 0.3 is 5.97 Å². The first-order valence-corrected chi connectivity index (χ1v) is 10.2. The minimum Gasteiger partial charge on any atom is -0.465 e. The molecule has 1 atom stereocenters. The van der Waals surface area contributed by atoms with Crippen molar-refractivity contribution >= 4 is 22.8 Å². The molecule has 0 spiro atoms. The zero-order valence-electron chi connectivity index (χ0n) is 16.9. The number of ether oxygens (including phenoxy) is 1. The smallest absolute Gasteiger partial charge is 0.340 e. The fraction of sp³-hybridized carbons (Fsp3) is 0.333. The lowest BCUT2D eigenvalue weighted by Gasteiger charge is -2.25. The van der Waals surface area contributed by atoms with Crippen LogP contribution in [0.4, 0.5) is 0 Å². The molecule has 1 amide bonds. The van der Waals surface area contributed by atoms with Crippen molar-refractivity contribution in [3.63, 3.8) is 0 Å². The Hall–Kier alpha value is -3.08. The summed E-state index contributed by atoms with van der Waals surface area (Å²) in [6.45, 7) is 2.80. The van der Waals surface area contributed by atoms with Crippen LogP contribution in [0.2, 0.25) is 0 Å². The van der Waals surface area contributed by atoms with Gasteiger partial charge in [-0.05, 0) is 60.9 Å². The second-order valence-corrected chi connectivity index (χ2v) is 7.71. The maximum absolute atomic E-state index is 12.5. The molecule has 29 heavy (non-hydrogen) atoms. The van der Waals surface area contributed by atoms with Crippen molar-refractivity contribution < 1.29 is 14.3 Å². The number of nitrogens with zero attached hydrogens (tertiary/aromatic N) is 1. The summed E-state index contributed by atoms with van der Waals surface area (Å²) < 4.78 is 7.34. The number of fused-ring (bicyclic) bond motifs is 3. The first kappa shape index (κ1) is 19.2. The fourth-order valence-corrected chi connectivity index (χ4v) is 4.73. The van der Waals surface area contributed by atoms with Gasteiger partial charge in [0.25, 0.3) is 0 Å². The van der Waals surface area contributed by atoms with E-state index in [1.807, 2.05) is 30.3 Å². The zero-order chi connectivity index (χ0) is 20.5. The maximum Gasteiger partial charge on any atom is 0.340 e. The van der Waals surface area contributed by atoms with Crippen LogP contribution in [0.15, 0.2) is 42.5 Å². The van der Waals surface area contributed by atoms with Crippen molar-refractivity contribution in [2.45, 2.75) is 45.1 Å². The molecule has 1 unspecified atom stereocenters. The number of primary amides is 1. The summed E-state index contributed by atoms with van der Waals surface area (Å²) in [6.07, 6.45) is 4.37. The van der Waals surface area contributed by atoms with E-state index in [0.717, 1.165) is 42.1 Å². The average molecular weight is 390 g/mol. The normalized spacial score (nSPS) is 15.9. The standard InChI is InChI=1S/C24H26N2O3/c1-3-16-8-5-10-18-19-11-6-12-20(24(28)29-2)22(19)26(21(16)18)14-15-7-4-9-17(13-15)23(25)27/h4,6-7,9,11-13,16H,3,5,8,10,14H2,1-2H3,(H2,25,27). The van der Waals surface area contributed by atoms with Gasteiger partial charge in [0.05, 0.1) is 18.2 Å². The predicted octanol–water partition coefficient (Wildman–Crippen LogP) is 4.41. The molecule has 5 nitrogen and oxygen atoms in total. The Kier molecular flexibility index (Phi) is 5.14. The van der Waals surface area contributed by atoms with Crippen molar-refractivity contribution in [1.82, 2.24) is 4.57 Å². The molecule has 0 fully saturated rings. The molecule has 0 saturated carbocycles. The number of hydrogen-bond acceptors (Lipinski definition) is 3. The van der Waals surface area contributed by atoms with Crippen molar-refractivity contribution in [1.29, 1.82) is 0 Å². The van der Waals surface area contributed by atoms with Crippen molar-refractivity contribution in [3.8, 4) is 0 Å². The van der Waals surface area contributed by atoms with Gasteiger partial charge < -0.3 is 15.0 Å². The minimum atomic E-state index is -0.437. The number of nitrogens with two attached hydrogens (primary N) is 1. The Bertz CT molecular complexity index is 1100. The van der Waals surface area contributed by atoms with Gasteiger partial charge in [-0.3, -0.25) is 4.79 Å². The summed E-state index contributed by atoms with van der Waals surface area (Å²) in [5.74, 6) is -0.311. The van der Waals surface area contributed by atoms with E-state index in [2.05, 4.69) is 17.6 Å². The number of aromatic nitrogens is 1. The molecular formula is C24H26N2O3. The van der Waals surface area contributed by atoms with Gasteiger partial charge in [-0.2, -0.15) is 0 Å². The van der Waals surface area contributed by atoms with E-state index in [9.17, 15) is 9.59 Å². The summed E-state index contributed by atoms with van der Waals surface area (Å²) in [5.41, 5.74) is 11.1.